The van der Waals surface area contributed by atoms with Crippen LogP contribution in [-0.2, 0) is 4.74 Å². The van der Waals surface area contributed by atoms with Crippen LogP contribution in [-0.4, -0.2) is 23.0 Å². The third kappa shape index (κ3) is 1.72. The van der Waals surface area contributed by atoms with Crippen LogP contribution in [0.3, 0.4) is 0 Å². The lowest BCUT2D eigenvalue weighted by Crippen LogP contribution is -2.04. The average Bonchev–Trinajstić information content (AvgIpc) is 2.27. The second-order valence-electron chi connectivity index (χ2n) is 3.27. The highest BCUT2D eigenvalue weighted by molar-refractivity contribution is 6.28. The minimum absolute atomic E-state index is 0.126. The molecule has 0 aliphatic carbocycles. The molecule has 0 atom stereocenters. The molecule has 5 heteroatoms. The van der Waals surface area contributed by atoms with Gasteiger partial charge in [0.05, 0.1) is 23.9 Å². The summed E-state index contributed by atoms with van der Waals surface area (Å²) in [7, 11) is 1.33. The summed E-state index contributed by atoms with van der Waals surface area (Å²) in [6, 6.07) is 5.25. The number of ether oxygens (including phenoxy) is 1. The first kappa shape index (κ1) is 10.8. The molecule has 0 radical (unpaired) electrons. The Morgan fingerprint density at radius 1 is 1.38 bits per heavy atom. The van der Waals surface area contributed by atoms with Crippen LogP contribution in [0.25, 0.3) is 10.9 Å². The number of benzene rings is 1. The van der Waals surface area contributed by atoms with Crippen LogP contribution in [0.1, 0.15) is 16.1 Å². The van der Waals surface area contributed by atoms with Gasteiger partial charge in [0.2, 0.25) is 5.28 Å². The van der Waals surface area contributed by atoms with Crippen molar-refractivity contribution in [2.75, 3.05) is 7.11 Å². The molecule has 1 aromatic carbocycles. The Morgan fingerprint density at radius 3 is 2.81 bits per heavy atom. The molecule has 0 spiro atoms. The number of methoxy groups -OCH3 is 1. The van der Waals surface area contributed by atoms with E-state index in [2.05, 4.69) is 14.7 Å². The van der Waals surface area contributed by atoms with Crippen LogP contribution < -0.4 is 0 Å². The molecule has 0 aliphatic rings. The third-order valence-corrected chi connectivity index (χ3v) is 2.46. The summed E-state index contributed by atoms with van der Waals surface area (Å²) >= 11 is 5.77. The molecule has 0 aliphatic heterocycles. The van der Waals surface area contributed by atoms with Crippen LogP contribution in [0.4, 0.5) is 0 Å². The van der Waals surface area contributed by atoms with Gasteiger partial charge in [-0.15, -0.1) is 0 Å². The number of rotatable bonds is 1. The van der Waals surface area contributed by atoms with Crippen molar-refractivity contribution >= 4 is 28.5 Å². The van der Waals surface area contributed by atoms with E-state index in [1.807, 2.05) is 13.0 Å². The molecule has 0 saturated heterocycles. The fraction of sp³-hybridized carbons (Fsp3) is 0.182. The molecule has 82 valence electrons. The highest BCUT2D eigenvalue weighted by Crippen LogP contribution is 2.21. The number of carbonyl (C=O) groups is 1. The molecule has 0 bridgehead atoms. The lowest BCUT2D eigenvalue weighted by Gasteiger charge is -2.05. The normalized spacial score (nSPS) is 10.4. The Balaban J connectivity index is 2.81. The number of hydrogen-bond donors (Lipinski definition) is 0. The number of esters is 1. The first-order valence-corrected chi connectivity index (χ1v) is 5.02. The van der Waals surface area contributed by atoms with E-state index >= 15 is 0 Å². The maximum absolute atomic E-state index is 11.5. The lowest BCUT2D eigenvalue weighted by molar-refractivity contribution is 0.0603. The molecule has 1 aromatic heterocycles. The quantitative estimate of drug-likeness (QED) is 0.564. The van der Waals surface area contributed by atoms with Gasteiger partial charge in [-0.25, -0.2) is 14.8 Å². The highest BCUT2D eigenvalue weighted by atomic mass is 35.5. The summed E-state index contributed by atoms with van der Waals surface area (Å²) in [4.78, 5) is 19.6. The van der Waals surface area contributed by atoms with Crippen molar-refractivity contribution in [3.8, 4) is 0 Å². The largest absolute Gasteiger partial charge is 0.465 e. The Labute approximate surface area is 97.2 Å². The maximum Gasteiger partial charge on any atom is 0.340 e. The summed E-state index contributed by atoms with van der Waals surface area (Å²) in [6.07, 6.45) is 0. The van der Waals surface area contributed by atoms with E-state index in [0.717, 1.165) is 11.1 Å². The Kier molecular flexibility index (Phi) is 2.75. The van der Waals surface area contributed by atoms with Gasteiger partial charge >= 0.3 is 5.97 Å². The molecule has 0 fully saturated rings. The Hall–Kier alpha value is -1.68. The van der Waals surface area contributed by atoms with Crippen molar-refractivity contribution in [2.45, 2.75) is 6.92 Å². The first-order valence-electron chi connectivity index (χ1n) is 4.64. The van der Waals surface area contributed by atoms with Crippen LogP contribution in [0.15, 0.2) is 18.2 Å². The number of aromatic nitrogens is 2. The van der Waals surface area contributed by atoms with Crippen LogP contribution >= 0.6 is 11.6 Å². The molecular weight excluding hydrogens is 228 g/mol. The van der Waals surface area contributed by atoms with Gasteiger partial charge < -0.3 is 4.74 Å². The standard InChI is InChI=1S/C11H9ClN2O2/c1-6-7-4-3-5-8(10(15)16-2)9(7)14-11(12)13-6/h3-5H,1-2H3. The van der Waals surface area contributed by atoms with E-state index in [0.29, 0.717) is 11.1 Å². The molecule has 4 nitrogen and oxygen atoms in total. The molecule has 1 heterocycles. The maximum atomic E-state index is 11.5. The van der Waals surface area contributed by atoms with Gasteiger partial charge in [0.15, 0.2) is 0 Å². The predicted molar refractivity (Wildman–Crippen MR) is 60.6 cm³/mol. The van der Waals surface area contributed by atoms with Gasteiger partial charge in [-0.1, -0.05) is 12.1 Å². The monoisotopic (exact) mass is 236 g/mol. The zero-order valence-electron chi connectivity index (χ0n) is 8.82. The van der Waals surface area contributed by atoms with E-state index in [1.54, 1.807) is 12.1 Å². The second-order valence-corrected chi connectivity index (χ2v) is 3.61. The highest BCUT2D eigenvalue weighted by Gasteiger charge is 2.13. The van der Waals surface area contributed by atoms with Crippen LogP contribution in [0.2, 0.25) is 5.28 Å². The molecule has 2 aromatic rings. The van der Waals surface area contributed by atoms with Crippen LogP contribution in [0, 0.1) is 6.92 Å². The number of nitrogens with zero attached hydrogens (tertiary/aromatic N) is 2. The Bertz CT molecular complexity index is 569. The summed E-state index contributed by atoms with van der Waals surface area (Å²) in [5.41, 5.74) is 1.65. The fourth-order valence-corrected chi connectivity index (χ4v) is 1.76. The average molecular weight is 237 g/mol. The summed E-state index contributed by atoms with van der Waals surface area (Å²) < 4.78 is 4.68. The van der Waals surface area contributed by atoms with E-state index in [9.17, 15) is 4.79 Å². The van der Waals surface area contributed by atoms with Crippen molar-refractivity contribution in [3.05, 3.63) is 34.7 Å². The van der Waals surface area contributed by atoms with Gasteiger partial charge in [-0.2, -0.15) is 0 Å². The fourth-order valence-electron chi connectivity index (χ4n) is 1.55. The van der Waals surface area contributed by atoms with E-state index in [4.69, 9.17) is 11.6 Å². The number of carbonyl (C=O) groups excluding carboxylic acids is 1. The number of halogens is 1. The number of aryl methyl sites for hydroxylation is 1. The van der Waals surface area contributed by atoms with Crippen molar-refractivity contribution in [3.63, 3.8) is 0 Å². The Morgan fingerprint density at radius 2 is 2.12 bits per heavy atom. The molecule has 2 rings (SSSR count). The number of hydrogen-bond acceptors (Lipinski definition) is 4. The molecule has 16 heavy (non-hydrogen) atoms. The molecule has 0 unspecified atom stereocenters. The predicted octanol–water partition coefficient (Wildman–Crippen LogP) is 2.38. The van der Waals surface area contributed by atoms with Gasteiger partial charge in [0.25, 0.3) is 0 Å². The molecular formula is C11H9ClN2O2. The molecule has 0 amide bonds. The smallest absolute Gasteiger partial charge is 0.340 e. The summed E-state index contributed by atoms with van der Waals surface area (Å²) in [6.45, 7) is 1.82. The first-order chi connectivity index (χ1) is 7.63. The minimum Gasteiger partial charge on any atom is -0.465 e. The SMILES string of the molecule is COC(=O)c1cccc2c(C)nc(Cl)nc12. The summed E-state index contributed by atoms with van der Waals surface area (Å²) in [5.74, 6) is -0.431. The topological polar surface area (TPSA) is 52.1 Å². The van der Waals surface area contributed by atoms with E-state index in [1.165, 1.54) is 7.11 Å². The van der Waals surface area contributed by atoms with Crippen molar-refractivity contribution < 1.29 is 9.53 Å². The van der Waals surface area contributed by atoms with E-state index in [-0.39, 0.29) is 5.28 Å². The summed E-state index contributed by atoms with van der Waals surface area (Å²) in [5, 5.41) is 0.925. The molecule has 0 saturated carbocycles. The van der Waals surface area contributed by atoms with Crippen molar-refractivity contribution in [1.82, 2.24) is 9.97 Å². The molecule has 0 N–H and O–H groups in total. The van der Waals surface area contributed by atoms with Gasteiger partial charge in [0, 0.05) is 5.39 Å². The van der Waals surface area contributed by atoms with Crippen LogP contribution in [0.5, 0.6) is 0 Å². The zero-order valence-corrected chi connectivity index (χ0v) is 9.58. The van der Waals surface area contributed by atoms with Gasteiger partial charge in [0.1, 0.15) is 0 Å². The van der Waals surface area contributed by atoms with Crippen molar-refractivity contribution in [1.29, 1.82) is 0 Å². The number of fused-ring (bicyclic) bond motifs is 1. The lowest BCUT2D eigenvalue weighted by atomic mass is 10.1. The van der Waals surface area contributed by atoms with Gasteiger partial charge in [-0.05, 0) is 24.6 Å². The minimum atomic E-state index is -0.431. The number of para-hydroxylation sites is 1. The van der Waals surface area contributed by atoms with E-state index < -0.39 is 5.97 Å². The van der Waals surface area contributed by atoms with Gasteiger partial charge in [-0.3, -0.25) is 0 Å². The second kappa shape index (κ2) is 4.06. The third-order valence-electron chi connectivity index (χ3n) is 2.30. The zero-order chi connectivity index (χ0) is 11.7. The van der Waals surface area contributed by atoms with Crippen molar-refractivity contribution in [2.24, 2.45) is 0 Å².